The molecule has 4 nitrogen and oxygen atoms in total. The molecule has 0 atom stereocenters. The van der Waals surface area contributed by atoms with Crippen LogP contribution in [0, 0.1) is 0 Å². The van der Waals surface area contributed by atoms with E-state index in [2.05, 4.69) is 10.4 Å². The van der Waals surface area contributed by atoms with Gasteiger partial charge in [-0.05, 0) is 24.1 Å². The van der Waals surface area contributed by atoms with Crippen LogP contribution < -0.4 is 11.3 Å². The third kappa shape index (κ3) is 6.08. The molecule has 0 aliphatic rings. The zero-order valence-corrected chi connectivity index (χ0v) is 9.13. The Bertz CT molecular complexity index is 344. The van der Waals surface area contributed by atoms with Gasteiger partial charge in [-0.2, -0.15) is 13.2 Å². The van der Waals surface area contributed by atoms with E-state index in [1.54, 1.807) is 18.3 Å². The molecule has 0 aromatic carbocycles. The highest BCUT2D eigenvalue weighted by Crippen LogP contribution is 2.21. The van der Waals surface area contributed by atoms with Crippen molar-refractivity contribution in [3.8, 4) is 0 Å². The molecule has 0 radical (unpaired) electrons. The third-order valence-electron chi connectivity index (χ3n) is 1.99. The maximum Gasteiger partial charge on any atom is 0.389 e. The maximum absolute atomic E-state index is 11.8. The van der Waals surface area contributed by atoms with Gasteiger partial charge in [0.05, 0.1) is 6.61 Å². The van der Waals surface area contributed by atoms with Crippen molar-refractivity contribution in [1.82, 2.24) is 4.98 Å². The molecule has 1 heterocycles. The van der Waals surface area contributed by atoms with Crippen LogP contribution in [0.3, 0.4) is 0 Å². The minimum Gasteiger partial charge on any atom is -0.377 e. The SMILES string of the molecule is NNc1cc(COCCCC(F)(F)F)ccn1. The van der Waals surface area contributed by atoms with Crippen LogP contribution in [-0.4, -0.2) is 17.8 Å². The largest absolute Gasteiger partial charge is 0.389 e. The van der Waals surface area contributed by atoms with E-state index in [0.717, 1.165) is 5.56 Å². The fourth-order valence-corrected chi connectivity index (χ4v) is 1.21. The van der Waals surface area contributed by atoms with E-state index in [0.29, 0.717) is 5.82 Å². The number of ether oxygens (including phenoxy) is 1. The lowest BCUT2D eigenvalue weighted by molar-refractivity contribution is -0.138. The summed E-state index contributed by atoms with van der Waals surface area (Å²) in [5.41, 5.74) is 3.18. The second-order valence-electron chi connectivity index (χ2n) is 3.46. The molecule has 17 heavy (non-hydrogen) atoms. The molecule has 0 aliphatic carbocycles. The molecular weight excluding hydrogens is 235 g/mol. The zero-order chi connectivity index (χ0) is 12.7. The second kappa shape index (κ2) is 6.41. The molecule has 96 valence electrons. The number of halogens is 3. The predicted octanol–water partition coefficient (Wildman–Crippen LogP) is 2.23. The van der Waals surface area contributed by atoms with Crippen molar-refractivity contribution < 1.29 is 17.9 Å². The van der Waals surface area contributed by atoms with Gasteiger partial charge in [0.25, 0.3) is 0 Å². The van der Waals surface area contributed by atoms with Gasteiger partial charge < -0.3 is 10.2 Å². The van der Waals surface area contributed by atoms with Crippen molar-refractivity contribution >= 4 is 5.82 Å². The Balaban J connectivity index is 2.22. The highest BCUT2D eigenvalue weighted by Gasteiger charge is 2.25. The molecule has 1 aromatic heterocycles. The number of nitrogen functional groups attached to an aromatic ring is 1. The Morgan fingerprint density at radius 2 is 2.18 bits per heavy atom. The van der Waals surface area contributed by atoms with E-state index in [1.165, 1.54) is 0 Å². The number of nitrogens with two attached hydrogens (primary N) is 1. The average Bonchev–Trinajstić information content (AvgIpc) is 2.27. The molecule has 1 rings (SSSR count). The monoisotopic (exact) mass is 249 g/mol. The van der Waals surface area contributed by atoms with E-state index in [9.17, 15) is 13.2 Å². The first-order chi connectivity index (χ1) is 8.01. The average molecular weight is 249 g/mol. The van der Waals surface area contributed by atoms with E-state index < -0.39 is 12.6 Å². The van der Waals surface area contributed by atoms with E-state index >= 15 is 0 Å². The standard InChI is InChI=1S/C10H14F3N3O/c11-10(12,13)3-1-5-17-7-8-2-4-15-9(6-8)16-14/h2,4,6H,1,3,5,7,14H2,(H,15,16). The Morgan fingerprint density at radius 3 is 2.82 bits per heavy atom. The topological polar surface area (TPSA) is 60.2 Å². The van der Waals surface area contributed by atoms with Gasteiger partial charge in [-0.3, -0.25) is 0 Å². The van der Waals surface area contributed by atoms with Crippen molar-refractivity contribution in [3.63, 3.8) is 0 Å². The molecule has 0 spiro atoms. The number of hydrogen-bond donors (Lipinski definition) is 2. The van der Waals surface area contributed by atoms with Crippen molar-refractivity contribution in [1.29, 1.82) is 0 Å². The molecule has 0 aliphatic heterocycles. The summed E-state index contributed by atoms with van der Waals surface area (Å²) in [6.45, 7) is 0.322. The van der Waals surface area contributed by atoms with Crippen molar-refractivity contribution in [3.05, 3.63) is 23.9 Å². The molecule has 0 saturated heterocycles. The number of aromatic nitrogens is 1. The highest BCUT2D eigenvalue weighted by molar-refractivity contribution is 5.35. The molecular formula is C10H14F3N3O. The number of nitrogens with one attached hydrogen (secondary N) is 1. The van der Waals surface area contributed by atoms with Crippen molar-refractivity contribution in [2.24, 2.45) is 5.84 Å². The number of alkyl halides is 3. The van der Waals surface area contributed by atoms with Crippen LogP contribution in [0.4, 0.5) is 19.0 Å². The molecule has 0 bridgehead atoms. The fraction of sp³-hybridized carbons (Fsp3) is 0.500. The van der Waals surface area contributed by atoms with E-state index in [1.807, 2.05) is 0 Å². The van der Waals surface area contributed by atoms with Crippen LogP contribution >= 0.6 is 0 Å². The van der Waals surface area contributed by atoms with Gasteiger partial charge in [0, 0.05) is 19.2 Å². The molecule has 0 unspecified atom stereocenters. The van der Waals surface area contributed by atoms with Gasteiger partial charge in [-0.15, -0.1) is 0 Å². The van der Waals surface area contributed by atoms with Gasteiger partial charge in [-0.1, -0.05) is 0 Å². The summed E-state index contributed by atoms with van der Waals surface area (Å²) in [7, 11) is 0. The molecule has 3 N–H and O–H groups in total. The quantitative estimate of drug-likeness (QED) is 0.461. The minimum atomic E-state index is -4.11. The van der Waals surface area contributed by atoms with Crippen molar-refractivity contribution in [2.75, 3.05) is 12.0 Å². The summed E-state index contributed by atoms with van der Waals surface area (Å²) in [4.78, 5) is 3.89. The highest BCUT2D eigenvalue weighted by atomic mass is 19.4. The number of hydrazine groups is 1. The predicted molar refractivity (Wildman–Crippen MR) is 57.0 cm³/mol. The van der Waals surface area contributed by atoms with Crippen LogP contribution in [-0.2, 0) is 11.3 Å². The van der Waals surface area contributed by atoms with E-state index in [-0.39, 0.29) is 19.6 Å². The van der Waals surface area contributed by atoms with Gasteiger partial charge in [0.1, 0.15) is 5.82 Å². The van der Waals surface area contributed by atoms with Gasteiger partial charge >= 0.3 is 6.18 Å². The van der Waals surface area contributed by atoms with Crippen LogP contribution in [0.2, 0.25) is 0 Å². The first-order valence-corrected chi connectivity index (χ1v) is 5.07. The molecule has 0 saturated carbocycles. The van der Waals surface area contributed by atoms with Crippen LogP contribution in [0.25, 0.3) is 0 Å². The summed E-state index contributed by atoms with van der Waals surface area (Å²) in [5, 5.41) is 0. The van der Waals surface area contributed by atoms with Crippen molar-refractivity contribution in [2.45, 2.75) is 25.6 Å². The summed E-state index contributed by atoms with van der Waals surface area (Å²) in [5.74, 6) is 5.65. The van der Waals surface area contributed by atoms with Crippen LogP contribution in [0.15, 0.2) is 18.3 Å². The Hall–Kier alpha value is -1.34. The van der Waals surface area contributed by atoms with Crippen LogP contribution in [0.5, 0.6) is 0 Å². The number of hydrogen-bond acceptors (Lipinski definition) is 4. The first-order valence-electron chi connectivity index (χ1n) is 5.07. The normalized spacial score (nSPS) is 11.5. The lowest BCUT2D eigenvalue weighted by Gasteiger charge is -2.07. The molecule has 0 fully saturated rings. The van der Waals surface area contributed by atoms with E-state index in [4.69, 9.17) is 10.6 Å². The number of rotatable bonds is 6. The first kappa shape index (κ1) is 13.7. The van der Waals surface area contributed by atoms with Gasteiger partial charge in [0.15, 0.2) is 0 Å². The fourth-order valence-electron chi connectivity index (χ4n) is 1.21. The van der Waals surface area contributed by atoms with Crippen LogP contribution in [0.1, 0.15) is 18.4 Å². The van der Waals surface area contributed by atoms with Gasteiger partial charge in [0.2, 0.25) is 0 Å². The molecule has 1 aromatic rings. The zero-order valence-electron chi connectivity index (χ0n) is 9.13. The minimum absolute atomic E-state index is 0.0312. The second-order valence-corrected chi connectivity index (χ2v) is 3.46. The third-order valence-corrected chi connectivity index (χ3v) is 1.99. The summed E-state index contributed by atoms with van der Waals surface area (Å²) in [6, 6.07) is 3.38. The summed E-state index contributed by atoms with van der Waals surface area (Å²) >= 11 is 0. The maximum atomic E-state index is 11.8. The number of nitrogens with zero attached hydrogens (tertiary/aromatic N) is 1. The van der Waals surface area contributed by atoms with Gasteiger partial charge in [-0.25, -0.2) is 10.8 Å². The Labute approximate surface area is 96.9 Å². The Morgan fingerprint density at radius 1 is 1.41 bits per heavy atom. The summed E-state index contributed by atoms with van der Waals surface area (Å²) in [6.07, 6.45) is -3.42. The molecule has 7 heteroatoms. The summed E-state index contributed by atoms with van der Waals surface area (Å²) < 4.78 is 40.6. The smallest absolute Gasteiger partial charge is 0.377 e. The molecule has 0 amide bonds. The lowest BCUT2D eigenvalue weighted by atomic mass is 10.3. The number of pyridine rings is 1. The Kier molecular flexibility index (Phi) is 5.17. The number of anilines is 1. The lowest BCUT2D eigenvalue weighted by Crippen LogP contribution is -2.09.